The van der Waals surface area contributed by atoms with E-state index >= 15 is 0 Å². The smallest absolute Gasteiger partial charge is 0.330 e. The summed E-state index contributed by atoms with van der Waals surface area (Å²) in [5, 5.41) is 0. The van der Waals surface area contributed by atoms with Crippen LogP contribution in [0.1, 0.15) is 17.5 Å². The number of aromatic nitrogens is 3. The average Bonchev–Trinajstić information content (AvgIpc) is 2.67. The van der Waals surface area contributed by atoms with Crippen molar-refractivity contribution in [2.24, 2.45) is 0 Å². The summed E-state index contributed by atoms with van der Waals surface area (Å²) in [6.45, 7) is 10.2. The quantitative estimate of drug-likeness (QED) is 0.295. The molecule has 0 atom stereocenters. The minimum Gasteiger partial charge on any atom is -0.462 e. The number of rotatable bonds is 12. The van der Waals surface area contributed by atoms with Gasteiger partial charge in [0.1, 0.15) is 17.5 Å². The molecule has 27 heavy (non-hydrogen) atoms. The van der Waals surface area contributed by atoms with Gasteiger partial charge in [0.05, 0.1) is 19.8 Å². The Morgan fingerprint density at radius 3 is 1.11 bits per heavy atom. The lowest BCUT2D eigenvalue weighted by Gasteiger charge is -2.08. The molecule has 1 aromatic heterocycles. The fraction of sp³-hybridized carbons (Fsp3) is 0.333. The molecule has 0 fully saturated rings. The van der Waals surface area contributed by atoms with E-state index in [0.717, 1.165) is 18.2 Å². The van der Waals surface area contributed by atoms with Crippen LogP contribution < -0.4 is 0 Å². The Kier molecular flexibility index (Phi) is 9.69. The predicted octanol–water partition coefficient (Wildman–Crippen LogP) is 0.687. The van der Waals surface area contributed by atoms with E-state index in [0.29, 0.717) is 17.5 Å². The summed E-state index contributed by atoms with van der Waals surface area (Å²) in [7, 11) is 0. The molecule has 0 saturated heterocycles. The molecular weight excluding hydrogens is 354 g/mol. The summed E-state index contributed by atoms with van der Waals surface area (Å²) in [4.78, 5) is 46.1. The van der Waals surface area contributed by atoms with E-state index in [1.807, 2.05) is 0 Å². The molecule has 1 heterocycles. The summed E-state index contributed by atoms with van der Waals surface area (Å²) in [5.74, 6) is -0.433. The first kappa shape index (κ1) is 21.7. The van der Waals surface area contributed by atoms with Crippen molar-refractivity contribution in [3.05, 3.63) is 55.4 Å². The van der Waals surface area contributed by atoms with Crippen LogP contribution in [0.5, 0.6) is 0 Å². The highest BCUT2D eigenvalue weighted by Gasteiger charge is 2.09. The van der Waals surface area contributed by atoms with Gasteiger partial charge in [0.25, 0.3) is 0 Å². The summed E-state index contributed by atoms with van der Waals surface area (Å²) >= 11 is 0. The number of esters is 3. The highest BCUT2D eigenvalue weighted by Crippen LogP contribution is 2.02. The van der Waals surface area contributed by atoms with Crippen LogP contribution in [0, 0.1) is 0 Å². The van der Waals surface area contributed by atoms with Gasteiger partial charge in [-0.2, -0.15) is 0 Å². The molecule has 1 aromatic rings. The highest BCUT2D eigenvalue weighted by molar-refractivity contribution is 5.81. The number of nitrogens with zero attached hydrogens (tertiary/aromatic N) is 3. The number of hydrogen-bond acceptors (Lipinski definition) is 9. The van der Waals surface area contributed by atoms with Crippen LogP contribution in [0.2, 0.25) is 0 Å². The maximum atomic E-state index is 11.1. The molecule has 9 heteroatoms. The van der Waals surface area contributed by atoms with Crippen LogP contribution in [-0.4, -0.2) is 52.7 Å². The Hall–Kier alpha value is -3.36. The highest BCUT2D eigenvalue weighted by atomic mass is 16.5. The van der Waals surface area contributed by atoms with Gasteiger partial charge in [-0.3, -0.25) is 0 Å². The van der Waals surface area contributed by atoms with Crippen molar-refractivity contribution in [2.75, 3.05) is 19.8 Å². The van der Waals surface area contributed by atoms with Crippen LogP contribution in [-0.2, 0) is 47.9 Å². The Balaban J connectivity index is 2.76. The zero-order valence-electron chi connectivity index (χ0n) is 14.9. The molecular formula is C18H21N3O6. The summed E-state index contributed by atoms with van der Waals surface area (Å²) in [5.41, 5.74) is 0. The fourth-order valence-electron chi connectivity index (χ4n) is 1.76. The Bertz CT molecular complexity index is 610. The zero-order chi connectivity index (χ0) is 20.1. The van der Waals surface area contributed by atoms with Crippen LogP contribution in [0.25, 0.3) is 0 Å². The molecule has 144 valence electrons. The third-order valence-electron chi connectivity index (χ3n) is 2.98. The van der Waals surface area contributed by atoms with Gasteiger partial charge in [0, 0.05) is 37.5 Å². The lowest BCUT2D eigenvalue weighted by atomic mass is 10.3. The minimum absolute atomic E-state index is 0.0741. The molecule has 0 bridgehead atoms. The molecule has 0 spiro atoms. The van der Waals surface area contributed by atoms with E-state index in [1.165, 1.54) is 0 Å². The van der Waals surface area contributed by atoms with E-state index in [1.54, 1.807) is 0 Å². The van der Waals surface area contributed by atoms with Crippen LogP contribution in [0.3, 0.4) is 0 Å². The zero-order valence-corrected chi connectivity index (χ0v) is 14.9. The minimum atomic E-state index is -0.544. The van der Waals surface area contributed by atoms with Gasteiger partial charge in [0.2, 0.25) is 0 Å². The third kappa shape index (κ3) is 9.05. The van der Waals surface area contributed by atoms with E-state index in [9.17, 15) is 14.4 Å². The molecule has 0 N–H and O–H groups in total. The van der Waals surface area contributed by atoms with Crippen LogP contribution in [0.4, 0.5) is 0 Å². The predicted molar refractivity (Wildman–Crippen MR) is 94.4 cm³/mol. The molecule has 1 rings (SSSR count). The molecule has 0 aliphatic heterocycles. The van der Waals surface area contributed by atoms with Crippen molar-refractivity contribution in [3.63, 3.8) is 0 Å². The SMILES string of the molecule is C=CC(=O)OCCc1nc(CCOC(=O)C=C)nc(CCOC(=O)C=C)n1. The monoisotopic (exact) mass is 375 g/mol. The van der Waals surface area contributed by atoms with Gasteiger partial charge < -0.3 is 14.2 Å². The van der Waals surface area contributed by atoms with Crippen molar-refractivity contribution in [2.45, 2.75) is 19.3 Å². The molecule has 0 aliphatic carbocycles. The van der Waals surface area contributed by atoms with E-state index in [4.69, 9.17) is 14.2 Å². The van der Waals surface area contributed by atoms with Crippen molar-refractivity contribution in [1.29, 1.82) is 0 Å². The standard InChI is InChI=1S/C18H21N3O6/c1-4-16(22)25-10-7-13-19-14(8-11-26-17(23)5-2)21-15(20-13)9-12-27-18(24)6-3/h4-6H,1-3,7-12H2. The Morgan fingerprint density at radius 1 is 0.630 bits per heavy atom. The van der Waals surface area contributed by atoms with Crippen molar-refractivity contribution < 1.29 is 28.6 Å². The number of hydrogen-bond donors (Lipinski definition) is 0. The molecule has 0 radical (unpaired) electrons. The number of ether oxygens (including phenoxy) is 3. The second kappa shape index (κ2) is 12.1. The van der Waals surface area contributed by atoms with Crippen molar-refractivity contribution >= 4 is 17.9 Å². The first-order valence-electron chi connectivity index (χ1n) is 8.08. The Labute approximate surface area is 156 Å². The summed E-state index contributed by atoms with van der Waals surface area (Å²) in [6.07, 6.45) is 3.98. The van der Waals surface area contributed by atoms with Gasteiger partial charge in [0.15, 0.2) is 0 Å². The maximum absolute atomic E-state index is 11.1. The van der Waals surface area contributed by atoms with Gasteiger partial charge >= 0.3 is 17.9 Å². The maximum Gasteiger partial charge on any atom is 0.330 e. The lowest BCUT2D eigenvalue weighted by Crippen LogP contribution is -2.15. The first-order valence-corrected chi connectivity index (χ1v) is 8.08. The third-order valence-corrected chi connectivity index (χ3v) is 2.98. The molecule has 0 saturated carbocycles. The molecule has 0 aromatic carbocycles. The normalized spacial score (nSPS) is 9.78. The van der Waals surface area contributed by atoms with Crippen molar-refractivity contribution in [1.82, 2.24) is 15.0 Å². The van der Waals surface area contributed by atoms with E-state index in [-0.39, 0.29) is 39.1 Å². The number of carbonyl (C=O) groups excluding carboxylic acids is 3. The first-order chi connectivity index (χ1) is 13.0. The van der Waals surface area contributed by atoms with Gasteiger partial charge in [-0.25, -0.2) is 29.3 Å². The van der Waals surface area contributed by atoms with Crippen LogP contribution >= 0.6 is 0 Å². The lowest BCUT2D eigenvalue weighted by molar-refractivity contribution is -0.138. The summed E-state index contributed by atoms with van der Waals surface area (Å²) < 4.78 is 14.7. The average molecular weight is 375 g/mol. The van der Waals surface area contributed by atoms with Crippen molar-refractivity contribution in [3.8, 4) is 0 Å². The van der Waals surface area contributed by atoms with Gasteiger partial charge in [-0.1, -0.05) is 19.7 Å². The number of carbonyl (C=O) groups is 3. The Morgan fingerprint density at radius 2 is 0.889 bits per heavy atom. The largest absolute Gasteiger partial charge is 0.462 e. The molecule has 0 unspecified atom stereocenters. The van der Waals surface area contributed by atoms with Gasteiger partial charge in [-0.15, -0.1) is 0 Å². The fourth-order valence-corrected chi connectivity index (χ4v) is 1.76. The van der Waals surface area contributed by atoms with E-state index < -0.39 is 17.9 Å². The second-order valence-corrected chi connectivity index (χ2v) is 4.95. The van der Waals surface area contributed by atoms with Crippen LogP contribution in [0.15, 0.2) is 38.0 Å². The molecule has 0 aliphatic rings. The summed E-state index contributed by atoms with van der Waals surface area (Å²) in [6, 6.07) is 0. The van der Waals surface area contributed by atoms with E-state index in [2.05, 4.69) is 34.7 Å². The molecule has 9 nitrogen and oxygen atoms in total. The topological polar surface area (TPSA) is 118 Å². The molecule has 0 amide bonds. The second-order valence-electron chi connectivity index (χ2n) is 4.95. The van der Waals surface area contributed by atoms with Gasteiger partial charge in [-0.05, 0) is 0 Å².